The summed E-state index contributed by atoms with van der Waals surface area (Å²) in [4.78, 5) is 33.7. The zero-order valence-electron chi connectivity index (χ0n) is 34.0. The zero-order valence-corrected chi connectivity index (χ0v) is 36.5. The summed E-state index contributed by atoms with van der Waals surface area (Å²) in [5.41, 5.74) is 1.94. The van der Waals surface area contributed by atoms with E-state index < -0.39 is 34.4 Å². The lowest BCUT2D eigenvalue weighted by atomic mass is 9.93. The van der Waals surface area contributed by atoms with Crippen LogP contribution in [0.5, 0.6) is 5.75 Å². The first-order valence-corrected chi connectivity index (χ1v) is 21.4. The molecule has 0 radical (unpaired) electrons. The van der Waals surface area contributed by atoms with Crippen LogP contribution in [0.2, 0.25) is 0 Å². The van der Waals surface area contributed by atoms with Crippen LogP contribution < -0.4 is 13.3 Å². The fourth-order valence-electron chi connectivity index (χ4n) is 5.13. The number of unbranched alkanes of at least 4 members (excludes halogenated alkanes) is 1. The van der Waals surface area contributed by atoms with Gasteiger partial charge in [-0.25, -0.2) is 23.1 Å². The van der Waals surface area contributed by atoms with Gasteiger partial charge in [0.05, 0.1) is 27.8 Å². The van der Waals surface area contributed by atoms with Crippen LogP contribution in [0.4, 0.5) is 20.4 Å². The molecule has 56 heavy (non-hydrogen) atoms. The number of thiazole rings is 1. The summed E-state index contributed by atoms with van der Waals surface area (Å²) in [5, 5.41) is 0.161. The first-order chi connectivity index (χ1) is 26.3. The first-order valence-electron chi connectivity index (χ1n) is 18.6. The van der Waals surface area contributed by atoms with Crippen molar-refractivity contribution < 1.29 is 28.0 Å². The van der Waals surface area contributed by atoms with Crippen molar-refractivity contribution in [3.63, 3.8) is 0 Å². The van der Waals surface area contributed by atoms with Crippen LogP contribution in [-0.2, 0) is 20.5 Å². The normalized spacial score (nSPS) is 12.4. The molecular formula is C44H55N3O6S3. The molecule has 0 saturated heterocycles. The third-order valence-electron chi connectivity index (χ3n) is 7.75. The fraction of sp³-hybridized carbons (Fsp3) is 0.386. The molecule has 0 aliphatic heterocycles. The van der Waals surface area contributed by atoms with E-state index in [1.807, 2.05) is 54.6 Å². The molecule has 0 bridgehead atoms. The van der Waals surface area contributed by atoms with Crippen molar-refractivity contribution in [2.75, 3.05) is 21.0 Å². The van der Waals surface area contributed by atoms with Crippen LogP contribution in [0.25, 0.3) is 27.8 Å². The van der Waals surface area contributed by atoms with Crippen molar-refractivity contribution >= 4 is 63.4 Å². The van der Waals surface area contributed by atoms with E-state index in [0.29, 0.717) is 29.5 Å². The summed E-state index contributed by atoms with van der Waals surface area (Å²) in [6.45, 7) is 25.5. The molecule has 4 aromatic rings. The molecule has 3 aromatic carbocycles. The Balaban J connectivity index is 1.86. The van der Waals surface area contributed by atoms with Gasteiger partial charge in [0.25, 0.3) is 0 Å². The Morgan fingerprint density at radius 2 is 1.55 bits per heavy atom. The second-order valence-electron chi connectivity index (χ2n) is 16.2. The van der Waals surface area contributed by atoms with Crippen LogP contribution in [0, 0.1) is 5.41 Å². The van der Waals surface area contributed by atoms with E-state index in [2.05, 4.69) is 33.9 Å². The van der Waals surface area contributed by atoms with E-state index in [9.17, 15) is 13.8 Å². The molecule has 4 rings (SSSR count). The minimum absolute atomic E-state index is 0.115. The molecule has 12 heteroatoms. The van der Waals surface area contributed by atoms with Gasteiger partial charge in [-0.05, 0) is 120 Å². The summed E-state index contributed by atoms with van der Waals surface area (Å²) in [5.74, 6) is 1.31. The summed E-state index contributed by atoms with van der Waals surface area (Å²) >= 11 is 2.51. The van der Waals surface area contributed by atoms with Crippen LogP contribution in [0.3, 0.4) is 0 Å². The number of hydrogen-bond donors (Lipinski definition) is 0. The maximum absolute atomic E-state index is 14.8. The van der Waals surface area contributed by atoms with E-state index in [0.717, 1.165) is 45.1 Å². The van der Waals surface area contributed by atoms with E-state index in [-0.39, 0.29) is 15.4 Å². The Morgan fingerprint density at radius 1 is 0.875 bits per heavy atom. The maximum atomic E-state index is 14.8. The van der Waals surface area contributed by atoms with Crippen LogP contribution in [0.1, 0.15) is 87.1 Å². The van der Waals surface area contributed by atoms with E-state index in [1.165, 1.54) is 27.6 Å². The summed E-state index contributed by atoms with van der Waals surface area (Å²) in [6, 6.07) is 22.2. The predicted octanol–water partition coefficient (Wildman–Crippen LogP) is 12.8. The lowest BCUT2D eigenvalue weighted by molar-refractivity contribution is 0.0599. The van der Waals surface area contributed by atoms with Gasteiger partial charge in [-0.15, -0.1) is 6.58 Å². The van der Waals surface area contributed by atoms with E-state index >= 15 is 0 Å². The standard InChI is InChI=1S/C44H55N3O6S3/c1-12-14-17-28-54-46(40(48)52-43(6,7)8)33-22-19-24-35(30-33)56(50)47(41(49)53-44(9,10)11)39-45-37(36-25-16-15-20-31(36)13-2)38(55-39)32-21-18-23-34(29-32)51-27-26-42(3,4)5/h12-13,15-16,18-25,29-30H,1-2,14,17,26-28H2,3-11H3. The van der Waals surface area contributed by atoms with Crippen LogP contribution >= 0.6 is 23.3 Å². The van der Waals surface area contributed by atoms with Crippen molar-refractivity contribution in [3.05, 3.63) is 97.6 Å². The largest absolute Gasteiger partial charge is 0.494 e. The molecule has 1 heterocycles. The average molecular weight is 818 g/mol. The molecule has 0 N–H and O–H groups in total. The number of carbonyl (C=O) groups excluding carboxylic acids is 2. The van der Waals surface area contributed by atoms with Gasteiger partial charge in [0.15, 0.2) is 11.0 Å². The monoisotopic (exact) mass is 817 g/mol. The van der Waals surface area contributed by atoms with Crippen molar-refractivity contribution in [3.8, 4) is 27.4 Å². The molecule has 0 aliphatic carbocycles. The Bertz CT molecular complexity index is 2020. The molecule has 0 aliphatic rings. The van der Waals surface area contributed by atoms with Gasteiger partial charge in [-0.2, -0.15) is 4.31 Å². The number of carbonyl (C=O) groups is 2. The molecule has 300 valence electrons. The average Bonchev–Trinajstić information content (AvgIpc) is 3.54. The minimum atomic E-state index is -2.18. The number of amides is 2. The molecule has 9 nitrogen and oxygen atoms in total. The number of aromatic nitrogens is 1. The molecule has 1 unspecified atom stereocenters. The molecule has 1 atom stereocenters. The van der Waals surface area contributed by atoms with Gasteiger partial charge in [-0.1, -0.05) is 93.3 Å². The van der Waals surface area contributed by atoms with Crippen molar-refractivity contribution in [2.24, 2.45) is 5.41 Å². The molecule has 1 aromatic heterocycles. The molecule has 0 saturated carbocycles. The smallest absolute Gasteiger partial charge is 0.429 e. The lowest BCUT2D eigenvalue weighted by Crippen LogP contribution is -2.38. The number of allylic oxidation sites excluding steroid dienone is 1. The second kappa shape index (κ2) is 19.2. The van der Waals surface area contributed by atoms with Gasteiger partial charge in [-0.3, -0.25) is 0 Å². The van der Waals surface area contributed by atoms with E-state index in [4.69, 9.17) is 19.2 Å². The zero-order chi connectivity index (χ0) is 41.3. The van der Waals surface area contributed by atoms with Gasteiger partial charge >= 0.3 is 12.2 Å². The highest BCUT2D eigenvalue weighted by Crippen LogP contribution is 2.44. The topological polar surface area (TPSA) is 98.3 Å². The summed E-state index contributed by atoms with van der Waals surface area (Å²) in [7, 11) is -2.18. The van der Waals surface area contributed by atoms with Gasteiger partial charge in [0.1, 0.15) is 17.0 Å². The van der Waals surface area contributed by atoms with Crippen LogP contribution in [0.15, 0.2) is 96.9 Å². The molecular weight excluding hydrogens is 763 g/mol. The summed E-state index contributed by atoms with van der Waals surface area (Å²) in [6.07, 6.45) is 4.64. The highest BCUT2D eigenvalue weighted by atomic mass is 32.2. The SMILES string of the molecule is C=CCCCSN(C(=O)OC(C)(C)C)c1cccc(S(=O)N(C(=O)OC(C)(C)C)c2nc(-c3ccccc3C=C)c(-c3cccc(OCCC(C)(C)C)c3)s2)c1. The molecule has 0 spiro atoms. The highest BCUT2D eigenvalue weighted by molar-refractivity contribution is 8.01. The number of benzene rings is 3. The Morgan fingerprint density at radius 3 is 2.21 bits per heavy atom. The quantitative estimate of drug-likeness (QED) is 0.0664. The van der Waals surface area contributed by atoms with Crippen LogP contribution in [-0.4, -0.2) is 44.9 Å². The van der Waals surface area contributed by atoms with Gasteiger partial charge in [0, 0.05) is 11.3 Å². The number of anilines is 2. The Labute approximate surface area is 343 Å². The minimum Gasteiger partial charge on any atom is -0.494 e. The number of rotatable bonds is 15. The van der Waals surface area contributed by atoms with E-state index in [1.54, 1.807) is 71.9 Å². The highest BCUT2D eigenvalue weighted by Gasteiger charge is 2.34. The number of hydrogen-bond acceptors (Lipinski definition) is 9. The Kier molecular flexibility index (Phi) is 15.2. The third kappa shape index (κ3) is 12.8. The van der Waals surface area contributed by atoms with Crippen molar-refractivity contribution in [1.82, 2.24) is 4.98 Å². The Hall–Kier alpha value is -4.39. The fourth-order valence-corrected chi connectivity index (χ4v) is 8.29. The second-order valence-corrected chi connectivity index (χ2v) is 19.6. The lowest BCUT2D eigenvalue weighted by Gasteiger charge is -2.27. The summed E-state index contributed by atoms with van der Waals surface area (Å²) < 4.78 is 35.2. The molecule has 0 fully saturated rings. The molecule has 2 amide bonds. The van der Waals surface area contributed by atoms with Crippen molar-refractivity contribution in [2.45, 2.75) is 97.7 Å². The first kappa shape index (κ1) is 44.3. The maximum Gasteiger partial charge on any atom is 0.429 e. The van der Waals surface area contributed by atoms with Gasteiger partial charge in [0.2, 0.25) is 5.13 Å². The number of ether oxygens (including phenoxy) is 3. The predicted molar refractivity (Wildman–Crippen MR) is 235 cm³/mol. The van der Waals surface area contributed by atoms with Crippen molar-refractivity contribution in [1.29, 1.82) is 0 Å². The number of nitrogens with zero attached hydrogens (tertiary/aromatic N) is 3. The third-order valence-corrected chi connectivity index (χ3v) is 11.4. The van der Waals surface area contributed by atoms with Gasteiger partial charge < -0.3 is 14.2 Å².